The minimum absolute atomic E-state index is 0.0496. The van der Waals surface area contributed by atoms with Crippen LogP contribution in [0, 0.1) is 0 Å². The highest BCUT2D eigenvalue weighted by Crippen LogP contribution is 2.37. The molecule has 0 aliphatic carbocycles. The number of fused-ring (bicyclic) bond motifs is 1. The van der Waals surface area contributed by atoms with Crippen molar-refractivity contribution >= 4 is 17.8 Å². The number of amides is 1. The van der Waals surface area contributed by atoms with Crippen LogP contribution in [-0.4, -0.2) is 80.5 Å². The van der Waals surface area contributed by atoms with Gasteiger partial charge < -0.3 is 43.6 Å². The van der Waals surface area contributed by atoms with Crippen molar-refractivity contribution in [3.05, 3.63) is 59.7 Å². The summed E-state index contributed by atoms with van der Waals surface area (Å²) in [6.07, 6.45) is -5.90. The first kappa shape index (κ1) is 28.3. The van der Waals surface area contributed by atoms with Crippen LogP contribution in [0.25, 0.3) is 0 Å². The summed E-state index contributed by atoms with van der Waals surface area (Å²) < 4.78 is 40.5. The maximum atomic E-state index is 12.3. The van der Waals surface area contributed by atoms with E-state index >= 15 is 0 Å². The Kier molecular flexibility index (Phi) is 9.02. The number of rotatable bonds is 9. The van der Waals surface area contributed by atoms with Gasteiger partial charge in [-0.2, -0.15) is 0 Å². The Balaban J connectivity index is 1.67. The third kappa shape index (κ3) is 6.48. The molecule has 0 radical (unpaired) electrons. The van der Waals surface area contributed by atoms with Gasteiger partial charge in [0.2, 0.25) is 12.2 Å². The summed E-state index contributed by atoms with van der Waals surface area (Å²) in [5.74, 6) is -1.47. The summed E-state index contributed by atoms with van der Waals surface area (Å²) in [5.41, 5.74) is 0.833. The van der Waals surface area contributed by atoms with E-state index in [0.717, 1.165) is 0 Å². The van der Waals surface area contributed by atoms with Gasteiger partial charge in [-0.15, -0.1) is 0 Å². The van der Waals surface area contributed by atoms with E-state index in [0.29, 0.717) is 11.3 Å². The molecule has 1 amide bonds. The largest absolute Gasteiger partial charge is 0.497 e. The van der Waals surface area contributed by atoms with Gasteiger partial charge in [0, 0.05) is 12.5 Å². The number of carbonyl (C=O) groups is 3. The quantitative estimate of drug-likeness (QED) is 0.446. The number of ether oxygens (including phenoxy) is 7. The number of carboxylic acids is 1. The molecule has 0 bridgehead atoms. The van der Waals surface area contributed by atoms with Crippen LogP contribution in [-0.2, 0) is 33.3 Å². The highest BCUT2D eigenvalue weighted by atomic mass is 16.8. The van der Waals surface area contributed by atoms with Crippen LogP contribution in [0.4, 0.5) is 0 Å². The topological polar surface area (TPSA) is 148 Å². The molecule has 7 unspecified atom stereocenters. The number of nitrogens with one attached hydrogen (secondary N) is 1. The lowest BCUT2D eigenvalue weighted by Gasteiger charge is -2.49. The molecule has 210 valence electrons. The van der Waals surface area contributed by atoms with Crippen molar-refractivity contribution in [1.29, 1.82) is 0 Å². The van der Waals surface area contributed by atoms with E-state index in [4.69, 9.17) is 33.2 Å². The van der Waals surface area contributed by atoms with Gasteiger partial charge in [-0.25, -0.2) is 9.59 Å². The second-order valence-electron chi connectivity index (χ2n) is 9.00. The second kappa shape index (κ2) is 12.4. The van der Waals surface area contributed by atoms with Crippen molar-refractivity contribution in [2.45, 2.75) is 56.9 Å². The minimum atomic E-state index is -1.25. The van der Waals surface area contributed by atoms with Gasteiger partial charge in [0.05, 0.1) is 20.8 Å². The van der Waals surface area contributed by atoms with Gasteiger partial charge in [-0.1, -0.05) is 24.3 Å². The zero-order chi connectivity index (χ0) is 28.1. The summed E-state index contributed by atoms with van der Waals surface area (Å²) in [4.78, 5) is 36.3. The van der Waals surface area contributed by atoms with Crippen LogP contribution in [0.5, 0.6) is 11.5 Å². The molecule has 7 atom stereocenters. The Labute approximate surface area is 225 Å². The number of esters is 1. The maximum absolute atomic E-state index is 12.3. The van der Waals surface area contributed by atoms with Crippen molar-refractivity contribution in [2.24, 2.45) is 0 Å². The molecule has 2 aliphatic rings. The monoisotopic (exact) mass is 545 g/mol. The van der Waals surface area contributed by atoms with Crippen molar-refractivity contribution < 1.29 is 52.6 Å². The first-order valence-corrected chi connectivity index (χ1v) is 12.3. The lowest BCUT2D eigenvalue weighted by atomic mass is 9.95. The van der Waals surface area contributed by atoms with E-state index < -0.39 is 60.9 Å². The Hall–Kier alpha value is -3.71. The van der Waals surface area contributed by atoms with E-state index in [9.17, 15) is 19.5 Å². The summed E-state index contributed by atoms with van der Waals surface area (Å²) in [6, 6.07) is 12.4. The van der Waals surface area contributed by atoms with E-state index in [-0.39, 0.29) is 17.9 Å². The average Bonchev–Trinajstić information content (AvgIpc) is 2.94. The molecule has 2 aliphatic heterocycles. The van der Waals surface area contributed by atoms with E-state index in [2.05, 4.69) is 5.32 Å². The maximum Gasteiger partial charge on any atom is 0.341 e. The molecule has 2 aromatic rings. The molecular weight excluding hydrogens is 514 g/mol. The van der Waals surface area contributed by atoms with Crippen molar-refractivity contribution in [1.82, 2.24) is 5.32 Å². The standard InChI is InChI=1S/C27H31NO11/c1-14(24(30)31)36-23-21(28-15(2)29)27(37-19-8-6-5-7-18(19)25(32)34-4)38-20-13-35-26(39-22(20)23)16-9-11-17(33-3)12-10-16/h5-12,14,20-23,26-27H,13H2,1-4H3,(H,28,29)(H,30,31). The Morgan fingerprint density at radius 1 is 1.05 bits per heavy atom. The van der Waals surface area contributed by atoms with E-state index in [1.54, 1.807) is 49.6 Å². The fourth-order valence-corrected chi connectivity index (χ4v) is 4.42. The third-order valence-electron chi connectivity index (χ3n) is 6.34. The Bertz CT molecular complexity index is 1170. The van der Waals surface area contributed by atoms with Crippen LogP contribution < -0.4 is 14.8 Å². The summed E-state index contributed by atoms with van der Waals surface area (Å²) in [5, 5.41) is 12.3. The molecular formula is C27H31NO11. The van der Waals surface area contributed by atoms with Gasteiger partial charge in [0.15, 0.2) is 12.4 Å². The smallest absolute Gasteiger partial charge is 0.341 e. The normalized spacial score (nSPS) is 27.0. The lowest BCUT2D eigenvalue weighted by Crippen LogP contribution is -2.68. The minimum Gasteiger partial charge on any atom is -0.497 e. The first-order valence-electron chi connectivity index (χ1n) is 12.3. The Morgan fingerprint density at radius 3 is 2.41 bits per heavy atom. The van der Waals surface area contributed by atoms with Crippen LogP contribution in [0.15, 0.2) is 48.5 Å². The van der Waals surface area contributed by atoms with Crippen LogP contribution >= 0.6 is 0 Å². The van der Waals surface area contributed by atoms with Gasteiger partial charge >= 0.3 is 11.9 Å². The van der Waals surface area contributed by atoms with Gasteiger partial charge in [-0.05, 0) is 31.2 Å². The predicted octanol–water partition coefficient (Wildman–Crippen LogP) is 2.06. The van der Waals surface area contributed by atoms with Crippen molar-refractivity contribution in [3.63, 3.8) is 0 Å². The Morgan fingerprint density at radius 2 is 1.77 bits per heavy atom. The molecule has 2 heterocycles. The number of carboxylic acid groups (broad SMARTS) is 1. The lowest BCUT2D eigenvalue weighted by molar-refractivity contribution is -0.340. The fraction of sp³-hybridized carbons (Fsp3) is 0.444. The zero-order valence-corrected chi connectivity index (χ0v) is 21.9. The van der Waals surface area contributed by atoms with Gasteiger partial charge in [0.1, 0.15) is 41.4 Å². The van der Waals surface area contributed by atoms with Crippen LogP contribution in [0.1, 0.15) is 36.1 Å². The molecule has 4 rings (SSSR count). The number of hydrogen-bond donors (Lipinski definition) is 2. The summed E-state index contributed by atoms with van der Waals surface area (Å²) in [6.45, 7) is 2.72. The molecule has 2 N–H and O–H groups in total. The zero-order valence-electron chi connectivity index (χ0n) is 21.9. The number of carbonyl (C=O) groups excluding carboxylic acids is 2. The second-order valence-corrected chi connectivity index (χ2v) is 9.00. The number of benzene rings is 2. The molecule has 0 saturated carbocycles. The van der Waals surface area contributed by atoms with Gasteiger partial charge in [-0.3, -0.25) is 4.79 Å². The SMILES string of the molecule is COC(=O)c1ccccc1OC1OC2COC(c3ccc(OC)cc3)OC2C(OC(C)C(=O)O)C1NC(C)=O. The van der Waals surface area contributed by atoms with Crippen LogP contribution in [0.2, 0.25) is 0 Å². The van der Waals surface area contributed by atoms with E-state index in [1.807, 2.05) is 0 Å². The molecule has 0 aromatic heterocycles. The van der Waals surface area contributed by atoms with Crippen molar-refractivity contribution in [3.8, 4) is 11.5 Å². The fourth-order valence-electron chi connectivity index (χ4n) is 4.42. The molecule has 2 saturated heterocycles. The molecule has 2 fully saturated rings. The average molecular weight is 546 g/mol. The van der Waals surface area contributed by atoms with E-state index in [1.165, 1.54) is 27.0 Å². The number of para-hydroxylation sites is 1. The van der Waals surface area contributed by atoms with Crippen molar-refractivity contribution in [2.75, 3.05) is 20.8 Å². The molecule has 0 spiro atoms. The molecule has 12 heteroatoms. The number of hydrogen-bond acceptors (Lipinski definition) is 10. The number of aliphatic carboxylic acids is 1. The summed E-state index contributed by atoms with van der Waals surface area (Å²) in [7, 11) is 2.80. The molecule has 39 heavy (non-hydrogen) atoms. The predicted molar refractivity (Wildman–Crippen MR) is 133 cm³/mol. The third-order valence-corrected chi connectivity index (χ3v) is 6.34. The highest BCUT2D eigenvalue weighted by molar-refractivity contribution is 5.92. The highest BCUT2D eigenvalue weighted by Gasteiger charge is 2.53. The molecule has 2 aromatic carbocycles. The number of methoxy groups -OCH3 is 2. The summed E-state index contributed by atoms with van der Waals surface area (Å²) >= 11 is 0. The van der Waals surface area contributed by atoms with Crippen LogP contribution in [0.3, 0.4) is 0 Å². The van der Waals surface area contributed by atoms with Gasteiger partial charge in [0.25, 0.3) is 0 Å². The molecule has 12 nitrogen and oxygen atoms in total. The first-order chi connectivity index (χ1) is 18.7.